The zero-order valence-electron chi connectivity index (χ0n) is 21.8. The monoisotopic (exact) mass is 536 g/mol. The predicted molar refractivity (Wildman–Crippen MR) is 144 cm³/mol. The maximum absolute atomic E-state index is 12.6. The zero-order valence-corrected chi connectivity index (χ0v) is 21.8. The second kappa shape index (κ2) is 14.3. The van der Waals surface area contributed by atoms with E-state index < -0.39 is 0 Å². The van der Waals surface area contributed by atoms with Gasteiger partial charge in [-0.1, -0.05) is 12.1 Å². The van der Waals surface area contributed by atoms with Crippen LogP contribution in [0.1, 0.15) is 34.2 Å². The molecule has 0 unspecified atom stereocenters. The smallest absolute Gasteiger partial charge is 0.277 e. The third-order valence-electron chi connectivity index (χ3n) is 5.76. The first-order valence-electron chi connectivity index (χ1n) is 12.8. The number of aromatic amines is 1. The van der Waals surface area contributed by atoms with Gasteiger partial charge >= 0.3 is 0 Å². The molecule has 0 aliphatic carbocycles. The Kier molecular flexibility index (Phi) is 10.3. The van der Waals surface area contributed by atoms with Crippen LogP contribution < -0.4 is 5.32 Å². The molecular formula is C27H32N6O6. The van der Waals surface area contributed by atoms with Gasteiger partial charge in [0.25, 0.3) is 5.91 Å². The molecular weight excluding hydrogens is 504 g/mol. The van der Waals surface area contributed by atoms with Crippen molar-refractivity contribution in [2.75, 3.05) is 51.6 Å². The SMILES string of the molecule is CCC(=O)c1ccc2[nH]c(-c3ccc(NC(=O)c4cn(CCOCCOCCOCCO)nn4)cc3)nc2c1. The largest absolute Gasteiger partial charge is 0.394 e. The summed E-state index contributed by atoms with van der Waals surface area (Å²) in [6.07, 6.45) is 2.01. The van der Waals surface area contributed by atoms with E-state index in [1.54, 1.807) is 35.1 Å². The number of imidazole rings is 1. The summed E-state index contributed by atoms with van der Waals surface area (Å²) in [6.45, 7) is 4.71. The van der Waals surface area contributed by atoms with Crippen LogP contribution >= 0.6 is 0 Å². The lowest BCUT2D eigenvalue weighted by atomic mass is 10.1. The maximum atomic E-state index is 12.6. The van der Waals surface area contributed by atoms with Gasteiger partial charge in [0.1, 0.15) is 5.82 Å². The highest BCUT2D eigenvalue weighted by molar-refractivity contribution is 6.02. The molecule has 4 aromatic rings. The summed E-state index contributed by atoms with van der Waals surface area (Å²) in [4.78, 5) is 32.5. The van der Waals surface area contributed by atoms with Gasteiger partial charge < -0.3 is 29.6 Å². The third-order valence-corrected chi connectivity index (χ3v) is 5.76. The first-order chi connectivity index (χ1) is 19.1. The van der Waals surface area contributed by atoms with E-state index in [4.69, 9.17) is 19.3 Å². The minimum absolute atomic E-state index is 0.00167. The van der Waals surface area contributed by atoms with Crippen molar-refractivity contribution in [3.8, 4) is 11.4 Å². The predicted octanol–water partition coefficient (Wildman–Crippen LogP) is 2.71. The van der Waals surface area contributed by atoms with Crippen LogP contribution in [-0.4, -0.2) is 88.0 Å². The van der Waals surface area contributed by atoms with Crippen molar-refractivity contribution in [3.05, 3.63) is 59.9 Å². The number of ketones is 1. The standard InChI is InChI=1S/C27H32N6O6/c1-2-25(35)20-5-8-22-23(17-20)30-26(29-22)19-3-6-21(7-4-19)28-27(36)24-18-33(32-31-24)9-11-37-13-15-39-16-14-38-12-10-34/h3-8,17-18,34H,2,9-16H2,1H3,(H,28,36)(H,29,30). The maximum Gasteiger partial charge on any atom is 0.277 e. The van der Waals surface area contributed by atoms with E-state index in [0.29, 0.717) is 69.7 Å². The number of nitrogens with one attached hydrogen (secondary N) is 2. The van der Waals surface area contributed by atoms with E-state index in [9.17, 15) is 9.59 Å². The van der Waals surface area contributed by atoms with Gasteiger partial charge in [0.2, 0.25) is 0 Å². The molecule has 0 fully saturated rings. The summed E-state index contributed by atoms with van der Waals surface area (Å²) in [5.41, 5.74) is 3.86. The van der Waals surface area contributed by atoms with Crippen LogP contribution in [0.2, 0.25) is 0 Å². The number of aliphatic hydroxyl groups is 1. The molecule has 12 heteroatoms. The number of fused-ring (bicyclic) bond motifs is 1. The number of amides is 1. The van der Waals surface area contributed by atoms with Crippen LogP contribution in [0, 0.1) is 0 Å². The molecule has 3 N–H and O–H groups in total. The number of benzene rings is 2. The lowest BCUT2D eigenvalue weighted by molar-refractivity contribution is 0.00628. The molecule has 0 radical (unpaired) electrons. The molecule has 2 heterocycles. The van der Waals surface area contributed by atoms with Crippen molar-refractivity contribution in [2.24, 2.45) is 0 Å². The Balaban J connectivity index is 1.22. The molecule has 12 nitrogen and oxygen atoms in total. The number of hydrogen-bond donors (Lipinski definition) is 3. The summed E-state index contributed by atoms with van der Waals surface area (Å²) >= 11 is 0. The number of carbonyl (C=O) groups is 2. The summed E-state index contributed by atoms with van der Waals surface area (Å²) < 4.78 is 17.5. The first-order valence-corrected chi connectivity index (χ1v) is 12.8. The number of hydrogen-bond acceptors (Lipinski definition) is 9. The normalized spacial score (nSPS) is 11.2. The Morgan fingerprint density at radius 3 is 2.41 bits per heavy atom. The number of aliphatic hydroxyl groups excluding tert-OH is 1. The summed E-state index contributed by atoms with van der Waals surface area (Å²) in [5, 5.41) is 19.4. The highest BCUT2D eigenvalue weighted by atomic mass is 16.5. The average molecular weight is 537 g/mol. The molecule has 39 heavy (non-hydrogen) atoms. The second-order valence-corrected chi connectivity index (χ2v) is 8.55. The average Bonchev–Trinajstić information content (AvgIpc) is 3.61. The zero-order chi connectivity index (χ0) is 27.5. The molecule has 0 bridgehead atoms. The lowest BCUT2D eigenvalue weighted by Gasteiger charge is -2.06. The topological polar surface area (TPSA) is 153 Å². The molecule has 0 saturated carbocycles. The minimum Gasteiger partial charge on any atom is -0.394 e. The van der Waals surface area contributed by atoms with E-state index in [1.165, 1.54) is 0 Å². The molecule has 4 rings (SSSR count). The fourth-order valence-electron chi connectivity index (χ4n) is 3.70. The molecule has 0 spiro atoms. The van der Waals surface area contributed by atoms with E-state index in [-0.39, 0.29) is 24.0 Å². The van der Waals surface area contributed by atoms with Gasteiger partial charge in [0.05, 0.1) is 70.0 Å². The number of H-pyrrole nitrogens is 1. The Morgan fingerprint density at radius 1 is 0.974 bits per heavy atom. The van der Waals surface area contributed by atoms with Crippen molar-refractivity contribution in [1.82, 2.24) is 25.0 Å². The molecule has 0 aliphatic heterocycles. The van der Waals surface area contributed by atoms with Crippen LogP contribution in [0.3, 0.4) is 0 Å². The van der Waals surface area contributed by atoms with Gasteiger partial charge in [-0.15, -0.1) is 5.10 Å². The van der Waals surface area contributed by atoms with Crippen molar-refractivity contribution < 1.29 is 28.9 Å². The van der Waals surface area contributed by atoms with Crippen molar-refractivity contribution in [3.63, 3.8) is 0 Å². The number of rotatable bonds is 16. The van der Waals surface area contributed by atoms with E-state index in [0.717, 1.165) is 16.6 Å². The Hall–Kier alpha value is -3.97. The fourth-order valence-corrected chi connectivity index (χ4v) is 3.70. The number of anilines is 1. The number of carbonyl (C=O) groups excluding carboxylic acids is 2. The van der Waals surface area contributed by atoms with Gasteiger partial charge in [-0.25, -0.2) is 9.67 Å². The van der Waals surface area contributed by atoms with Gasteiger partial charge in [-0.2, -0.15) is 0 Å². The van der Waals surface area contributed by atoms with Crippen LogP contribution in [0.4, 0.5) is 5.69 Å². The van der Waals surface area contributed by atoms with Gasteiger partial charge in [0.15, 0.2) is 11.5 Å². The van der Waals surface area contributed by atoms with Crippen LogP contribution in [-0.2, 0) is 20.8 Å². The molecule has 1 amide bonds. The number of Topliss-reactive ketones (excluding diaryl/α,β-unsaturated/α-hetero) is 1. The van der Waals surface area contributed by atoms with E-state index >= 15 is 0 Å². The molecule has 2 aromatic heterocycles. The third kappa shape index (κ3) is 8.01. The Labute approximate surface area is 225 Å². The van der Waals surface area contributed by atoms with Gasteiger partial charge in [-0.05, 0) is 42.5 Å². The van der Waals surface area contributed by atoms with E-state index in [2.05, 4.69) is 25.6 Å². The molecule has 0 aliphatic rings. The second-order valence-electron chi connectivity index (χ2n) is 8.55. The molecule has 206 valence electrons. The van der Waals surface area contributed by atoms with E-state index in [1.807, 2.05) is 25.1 Å². The van der Waals surface area contributed by atoms with Crippen molar-refractivity contribution in [2.45, 2.75) is 19.9 Å². The van der Waals surface area contributed by atoms with Crippen molar-refractivity contribution in [1.29, 1.82) is 0 Å². The number of nitrogens with zero attached hydrogens (tertiary/aromatic N) is 4. The summed E-state index contributed by atoms with van der Waals surface area (Å²) in [5.74, 6) is 0.380. The summed E-state index contributed by atoms with van der Waals surface area (Å²) in [7, 11) is 0. The highest BCUT2D eigenvalue weighted by Gasteiger charge is 2.13. The Bertz CT molecular complexity index is 1370. The number of aromatic nitrogens is 5. The lowest BCUT2D eigenvalue weighted by Crippen LogP contribution is -2.13. The number of ether oxygens (including phenoxy) is 3. The Morgan fingerprint density at radius 2 is 1.69 bits per heavy atom. The van der Waals surface area contributed by atoms with Crippen LogP contribution in [0.5, 0.6) is 0 Å². The fraction of sp³-hybridized carbons (Fsp3) is 0.370. The van der Waals surface area contributed by atoms with Gasteiger partial charge in [0, 0.05) is 23.2 Å². The molecule has 2 aromatic carbocycles. The molecule has 0 atom stereocenters. The summed E-state index contributed by atoms with van der Waals surface area (Å²) in [6, 6.07) is 12.7. The van der Waals surface area contributed by atoms with Crippen LogP contribution in [0.15, 0.2) is 48.7 Å². The first kappa shape index (κ1) is 28.0. The van der Waals surface area contributed by atoms with Gasteiger partial charge in [-0.3, -0.25) is 9.59 Å². The minimum atomic E-state index is -0.372. The van der Waals surface area contributed by atoms with Crippen molar-refractivity contribution >= 4 is 28.4 Å². The molecule has 0 saturated heterocycles. The highest BCUT2D eigenvalue weighted by Crippen LogP contribution is 2.23. The quantitative estimate of drug-likeness (QED) is 0.145. The van der Waals surface area contributed by atoms with Crippen LogP contribution in [0.25, 0.3) is 22.4 Å².